The summed E-state index contributed by atoms with van der Waals surface area (Å²) in [5.41, 5.74) is 18.0. The van der Waals surface area contributed by atoms with Gasteiger partial charge in [0.2, 0.25) is 0 Å². The highest BCUT2D eigenvalue weighted by atomic mass is 16.5. The van der Waals surface area contributed by atoms with Gasteiger partial charge >= 0.3 is 11.9 Å². The van der Waals surface area contributed by atoms with Gasteiger partial charge in [0.1, 0.15) is 0 Å². The third kappa shape index (κ3) is 5.73. The molecule has 0 saturated heterocycles. The summed E-state index contributed by atoms with van der Waals surface area (Å²) in [6, 6.07) is 11.5. The van der Waals surface area contributed by atoms with Gasteiger partial charge < -0.3 is 20.9 Å². The number of aryl methyl sites for hydroxylation is 2. The molecule has 0 saturated carbocycles. The Balaban J connectivity index is 2.65. The van der Waals surface area contributed by atoms with Crippen molar-refractivity contribution in [1.29, 1.82) is 0 Å². The van der Waals surface area contributed by atoms with Gasteiger partial charge in [-0.15, -0.1) is 0 Å². The summed E-state index contributed by atoms with van der Waals surface area (Å²) in [4.78, 5) is 23.8. The van der Waals surface area contributed by atoms with E-state index in [9.17, 15) is 9.59 Å². The van der Waals surface area contributed by atoms with Crippen LogP contribution in [0, 0.1) is 13.8 Å². The van der Waals surface area contributed by atoms with Crippen LogP contribution >= 0.6 is 0 Å². The molecule has 0 bridgehead atoms. The third-order valence-electron chi connectivity index (χ3n) is 4.38. The van der Waals surface area contributed by atoms with Crippen LogP contribution in [0.15, 0.2) is 48.6 Å². The topological polar surface area (TPSA) is 105 Å². The number of rotatable bonds is 7. The number of hydrogen-bond acceptors (Lipinski definition) is 6. The molecule has 2 aromatic carbocycles. The van der Waals surface area contributed by atoms with E-state index in [1.807, 2.05) is 50.2 Å². The van der Waals surface area contributed by atoms with Crippen molar-refractivity contribution in [2.45, 2.75) is 27.7 Å². The molecule has 0 aliphatic carbocycles. The number of esters is 2. The lowest BCUT2D eigenvalue weighted by molar-refractivity contribution is -0.138. The smallest absolute Gasteiger partial charge is 0.332 e. The van der Waals surface area contributed by atoms with Crippen molar-refractivity contribution in [3.05, 3.63) is 70.8 Å². The van der Waals surface area contributed by atoms with E-state index < -0.39 is 11.9 Å². The fraction of sp³-hybridized carbons (Fsp3) is 0.250. The largest absolute Gasteiger partial charge is 0.463 e. The van der Waals surface area contributed by atoms with E-state index in [1.54, 1.807) is 13.8 Å². The highest BCUT2D eigenvalue weighted by Gasteiger charge is 2.15. The summed E-state index contributed by atoms with van der Waals surface area (Å²) in [5.74, 6) is -1.01. The van der Waals surface area contributed by atoms with Crippen LogP contribution in [-0.4, -0.2) is 25.2 Å². The summed E-state index contributed by atoms with van der Waals surface area (Å²) < 4.78 is 9.96. The Labute approximate surface area is 177 Å². The SMILES string of the molecule is CCOC(=O)/C=C(\N)c1cc(C)ccc1-c1ccc(C)cc1/C(N)=C/C(=O)OCC. The Hall–Kier alpha value is -3.54. The van der Waals surface area contributed by atoms with Crippen molar-refractivity contribution >= 4 is 23.3 Å². The van der Waals surface area contributed by atoms with Crippen LogP contribution in [0.3, 0.4) is 0 Å². The van der Waals surface area contributed by atoms with Crippen LogP contribution in [0.4, 0.5) is 0 Å². The van der Waals surface area contributed by atoms with Gasteiger partial charge in [0.25, 0.3) is 0 Å². The van der Waals surface area contributed by atoms with Crippen molar-refractivity contribution in [2.75, 3.05) is 13.2 Å². The monoisotopic (exact) mass is 408 g/mol. The number of hydrogen-bond donors (Lipinski definition) is 2. The van der Waals surface area contributed by atoms with Gasteiger partial charge in [-0.2, -0.15) is 0 Å². The standard InChI is InChI=1S/C24H28N2O4/c1-5-29-23(27)13-21(25)19-11-15(3)7-9-17(19)18-10-8-16(4)12-20(18)22(26)14-24(28)30-6-2/h7-14H,5-6,25-26H2,1-4H3/b21-13-,22-14-. The Morgan fingerprint density at radius 3 is 1.47 bits per heavy atom. The van der Waals surface area contributed by atoms with Gasteiger partial charge in [-0.3, -0.25) is 0 Å². The number of ether oxygens (including phenoxy) is 2. The van der Waals surface area contributed by atoms with E-state index in [0.717, 1.165) is 22.3 Å². The Bertz CT molecular complexity index is 925. The molecule has 0 aliphatic heterocycles. The van der Waals surface area contributed by atoms with Crippen molar-refractivity contribution in [3.63, 3.8) is 0 Å². The van der Waals surface area contributed by atoms with E-state index in [1.165, 1.54) is 12.2 Å². The lowest BCUT2D eigenvalue weighted by atomic mass is 9.90. The summed E-state index contributed by atoms with van der Waals surface area (Å²) in [7, 11) is 0. The highest BCUT2D eigenvalue weighted by molar-refractivity contribution is 5.97. The molecule has 0 spiro atoms. The fourth-order valence-corrected chi connectivity index (χ4v) is 3.04. The molecule has 0 atom stereocenters. The zero-order valence-corrected chi connectivity index (χ0v) is 17.8. The van der Waals surface area contributed by atoms with Crippen LogP contribution in [-0.2, 0) is 19.1 Å². The van der Waals surface area contributed by atoms with Crippen LogP contribution in [0.5, 0.6) is 0 Å². The molecule has 0 heterocycles. The quantitative estimate of drug-likeness (QED) is 0.535. The normalized spacial score (nSPS) is 11.9. The average Bonchev–Trinajstić information content (AvgIpc) is 2.68. The predicted molar refractivity (Wildman–Crippen MR) is 119 cm³/mol. The number of carbonyl (C=O) groups is 2. The third-order valence-corrected chi connectivity index (χ3v) is 4.38. The minimum Gasteiger partial charge on any atom is -0.463 e. The van der Waals surface area contributed by atoms with E-state index in [2.05, 4.69) is 0 Å². The first kappa shape index (κ1) is 22.7. The zero-order valence-electron chi connectivity index (χ0n) is 17.8. The summed E-state index contributed by atoms with van der Waals surface area (Å²) in [6.07, 6.45) is 2.54. The average molecular weight is 408 g/mol. The molecular formula is C24H28N2O4. The number of benzene rings is 2. The minimum atomic E-state index is -0.506. The molecular weight excluding hydrogens is 380 g/mol. The van der Waals surface area contributed by atoms with Crippen LogP contribution < -0.4 is 11.5 Å². The van der Waals surface area contributed by atoms with E-state index in [-0.39, 0.29) is 24.6 Å². The molecule has 0 fully saturated rings. The zero-order chi connectivity index (χ0) is 22.3. The maximum atomic E-state index is 11.9. The van der Waals surface area contributed by atoms with Crippen LogP contribution in [0.25, 0.3) is 22.5 Å². The second-order valence-corrected chi connectivity index (χ2v) is 6.80. The number of nitrogens with two attached hydrogens (primary N) is 2. The van der Waals surface area contributed by atoms with Crippen molar-refractivity contribution in [2.24, 2.45) is 11.5 Å². The molecule has 0 aliphatic rings. The van der Waals surface area contributed by atoms with Crippen LogP contribution in [0.1, 0.15) is 36.1 Å². The van der Waals surface area contributed by atoms with Gasteiger partial charge in [0.05, 0.1) is 13.2 Å². The Kier molecular flexibility index (Phi) is 7.81. The van der Waals surface area contributed by atoms with Gasteiger partial charge in [0.15, 0.2) is 0 Å². The minimum absolute atomic E-state index is 0.264. The van der Waals surface area contributed by atoms with Gasteiger partial charge in [-0.1, -0.05) is 35.4 Å². The second kappa shape index (κ2) is 10.3. The van der Waals surface area contributed by atoms with E-state index >= 15 is 0 Å². The van der Waals surface area contributed by atoms with Crippen molar-refractivity contribution in [1.82, 2.24) is 0 Å². The summed E-state index contributed by atoms with van der Waals surface area (Å²) >= 11 is 0. The first-order chi connectivity index (χ1) is 14.3. The first-order valence-corrected chi connectivity index (χ1v) is 9.77. The van der Waals surface area contributed by atoms with Gasteiger partial charge in [-0.05, 0) is 51.0 Å². The first-order valence-electron chi connectivity index (χ1n) is 9.77. The van der Waals surface area contributed by atoms with Gasteiger partial charge in [0, 0.05) is 34.7 Å². The molecule has 4 N–H and O–H groups in total. The summed E-state index contributed by atoms with van der Waals surface area (Å²) in [6.45, 7) is 7.88. The van der Waals surface area contributed by atoms with Crippen LogP contribution in [0.2, 0.25) is 0 Å². The van der Waals surface area contributed by atoms with Crippen molar-refractivity contribution in [3.8, 4) is 11.1 Å². The lowest BCUT2D eigenvalue weighted by Crippen LogP contribution is -2.08. The summed E-state index contributed by atoms with van der Waals surface area (Å²) in [5, 5.41) is 0. The molecule has 0 aromatic heterocycles. The maximum Gasteiger partial charge on any atom is 0.332 e. The molecule has 6 nitrogen and oxygen atoms in total. The molecule has 158 valence electrons. The Morgan fingerprint density at radius 1 is 0.767 bits per heavy atom. The molecule has 30 heavy (non-hydrogen) atoms. The van der Waals surface area contributed by atoms with E-state index in [4.69, 9.17) is 20.9 Å². The Morgan fingerprint density at radius 2 is 1.13 bits per heavy atom. The molecule has 2 rings (SSSR count). The molecule has 0 radical (unpaired) electrons. The molecule has 0 unspecified atom stereocenters. The van der Waals surface area contributed by atoms with E-state index in [0.29, 0.717) is 11.1 Å². The van der Waals surface area contributed by atoms with Crippen molar-refractivity contribution < 1.29 is 19.1 Å². The molecule has 6 heteroatoms. The van der Waals surface area contributed by atoms with Gasteiger partial charge in [-0.25, -0.2) is 9.59 Å². The predicted octanol–water partition coefficient (Wildman–Crippen LogP) is 3.70. The fourth-order valence-electron chi connectivity index (χ4n) is 3.04. The maximum absolute atomic E-state index is 11.9. The number of carbonyl (C=O) groups excluding carboxylic acids is 2. The molecule has 0 amide bonds. The highest BCUT2D eigenvalue weighted by Crippen LogP contribution is 2.33. The molecule has 2 aromatic rings. The lowest BCUT2D eigenvalue weighted by Gasteiger charge is -2.16. The second-order valence-electron chi connectivity index (χ2n) is 6.80.